The number of hydrogen-bond donors (Lipinski definition) is 0. The van der Waals surface area contributed by atoms with Crippen LogP contribution in [-0.2, 0) is 0 Å². The van der Waals surface area contributed by atoms with E-state index in [1.807, 2.05) is 7.05 Å². The van der Waals surface area contributed by atoms with Crippen molar-refractivity contribution in [1.82, 2.24) is 4.90 Å². The number of likely N-dealkylation sites (N-methyl/N-ethyl adjacent to an activating group) is 2. The highest BCUT2D eigenvalue weighted by Crippen LogP contribution is 2.25. The molecule has 1 heterocycles. The first-order valence-corrected chi connectivity index (χ1v) is 6.38. The van der Waals surface area contributed by atoms with Crippen molar-refractivity contribution in [3.05, 3.63) is 29.3 Å². The lowest BCUT2D eigenvalue weighted by atomic mass is 10.1. The lowest BCUT2D eigenvalue weighted by Crippen LogP contribution is -2.37. The van der Waals surface area contributed by atoms with Crippen LogP contribution in [-0.4, -0.2) is 44.4 Å². The van der Waals surface area contributed by atoms with Crippen LogP contribution in [0.25, 0.3) is 0 Å². The number of hydrogen-bond acceptors (Lipinski definition) is 3. The molecule has 1 aliphatic heterocycles. The molecule has 104 valence electrons. The van der Waals surface area contributed by atoms with Gasteiger partial charge in [-0.15, -0.1) is 0 Å². The monoisotopic (exact) mass is 268 g/mol. The van der Waals surface area contributed by atoms with E-state index in [0.29, 0.717) is 18.9 Å². The number of nitrogens with zero attached hydrogens (tertiary/aromatic N) is 2. The van der Waals surface area contributed by atoms with Crippen LogP contribution in [0, 0.1) is 11.6 Å². The summed E-state index contributed by atoms with van der Waals surface area (Å²) in [6.07, 6.45) is 2.60. The predicted molar refractivity (Wildman–Crippen MR) is 70.7 cm³/mol. The van der Waals surface area contributed by atoms with Crippen LogP contribution >= 0.6 is 0 Å². The van der Waals surface area contributed by atoms with E-state index in [4.69, 9.17) is 0 Å². The second-order valence-electron chi connectivity index (χ2n) is 5.11. The predicted octanol–water partition coefficient (Wildman–Crippen LogP) is 2.31. The number of aldehydes is 1. The first-order chi connectivity index (χ1) is 9.02. The van der Waals surface area contributed by atoms with Crippen molar-refractivity contribution in [3.63, 3.8) is 0 Å². The molecule has 1 atom stereocenters. The molecule has 0 radical (unpaired) electrons. The highest BCUT2D eigenvalue weighted by Gasteiger charge is 2.24. The highest BCUT2D eigenvalue weighted by atomic mass is 19.1. The van der Waals surface area contributed by atoms with Gasteiger partial charge in [-0.05, 0) is 38.6 Å². The average molecular weight is 268 g/mol. The number of anilines is 1. The van der Waals surface area contributed by atoms with Gasteiger partial charge in [-0.2, -0.15) is 0 Å². The Bertz CT molecular complexity index is 456. The fraction of sp³-hybridized carbons (Fsp3) is 0.500. The molecule has 1 fully saturated rings. The summed E-state index contributed by atoms with van der Waals surface area (Å²) < 4.78 is 27.7. The fourth-order valence-electron chi connectivity index (χ4n) is 2.64. The number of carbonyl (C=O) groups is 1. The number of halogens is 2. The van der Waals surface area contributed by atoms with E-state index in [9.17, 15) is 13.6 Å². The van der Waals surface area contributed by atoms with Crippen molar-refractivity contribution in [2.45, 2.75) is 18.9 Å². The molecule has 1 saturated heterocycles. The van der Waals surface area contributed by atoms with Crippen LogP contribution in [0.3, 0.4) is 0 Å². The van der Waals surface area contributed by atoms with Gasteiger partial charge in [0.25, 0.3) is 0 Å². The molecule has 0 N–H and O–H groups in total. The Labute approximate surface area is 111 Å². The number of benzene rings is 1. The molecule has 1 aromatic rings. The van der Waals surface area contributed by atoms with Gasteiger partial charge >= 0.3 is 0 Å². The Morgan fingerprint density at radius 1 is 1.42 bits per heavy atom. The molecule has 3 nitrogen and oxygen atoms in total. The molecule has 0 bridgehead atoms. The molecule has 0 saturated carbocycles. The summed E-state index contributed by atoms with van der Waals surface area (Å²) in [5.74, 6) is -1.38. The van der Waals surface area contributed by atoms with E-state index < -0.39 is 11.6 Å². The van der Waals surface area contributed by atoms with Gasteiger partial charge in [-0.3, -0.25) is 4.79 Å². The van der Waals surface area contributed by atoms with Crippen molar-refractivity contribution in [2.75, 3.05) is 32.1 Å². The third kappa shape index (κ3) is 2.92. The van der Waals surface area contributed by atoms with Gasteiger partial charge in [-0.25, -0.2) is 8.78 Å². The van der Waals surface area contributed by atoms with Gasteiger partial charge in [0.05, 0.1) is 0 Å². The lowest BCUT2D eigenvalue weighted by molar-refractivity contribution is 0.112. The van der Waals surface area contributed by atoms with Gasteiger partial charge in [-0.1, -0.05) is 0 Å². The Morgan fingerprint density at radius 3 is 2.53 bits per heavy atom. The summed E-state index contributed by atoms with van der Waals surface area (Å²) in [6.45, 7) is 1.60. The molecular formula is C14H18F2N2O. The first-order valence-electron chi connectivity index (χ1n) is 6.38. The smallest absolute Gasteiger partial charge is 0.150 e. The van der Waals surface area contributed by atoms with Crippen molar-refractivity contribution in [1.29, 1.82) is 0 Å². The van der Waals surface area contributed by atoms with Gasteiger partial charge in [0.2, 0.25) is 0 Å². The van der Waals surface area contributed by atoms with Crippen molar-refractivity contribution >= 4 is 12.0 Å². The van der Waals surface area contributed by atoms with Gasteiger partial charge in [0, 0.05) is 25.2 Å². The van der Waals surface area contributed by atoms with Crippen LogP contribution in [0.4, 0.5) is 14.5 Å². The molecular weight excluding hydrogens is 250 g/mol. The summed E-state index contributed by atoms with van der Waals surface area (Å²) in [6, 6.07) is 2.45. The Balaban J connectivity index is 2.18. The minimum absolute atomic E-state index is 0.0186. The van der Waals surface area contributed by atoms with Gasteiger partial charge < -0.3 is 9.80 Å². The molecule has 1 aromatic carbocycles. The topological polar surface area (TPSA) is 23.6 Å². The molecule has 1 unspecified atom stereocenters. The zero-order valence-corrected chi connectivity index (χ0v) is 11.2. The SMILES string of the molecule is CN(CC1CCCN1C)c1c(F)cc(C=O)cc1F. The second kappa shape index (κ2) is 5.65. The maximum absolute atomic E-state index is 13.9. The van der Waals surface area contributed by atoms with Crippen LogP contribution in [0.5, 0.6) is 0 Å². The standard InChI is InChI=1S/C14H18F2N2O/c1-17-5-3-4-11(17)8-18(2)14-12(15)6-10(9-19)7-13(14)16/h6-7,9,11H,3-5,8H2,1-2H3. The number of carbonyl (C=O) groups excluding carboxylic acids is 1. The molecule has 5 heteroatoms. The normalized spacial score (nSPS) is 19.7. The summed E-state index contributed by atoms with van der Waals surface area (Å²) >= 11 is 0. The molecule has 0 aliphatic carbocycles. The van der Waals surface area contributed by atoms with E-state index in [2.05, 4.69) is 4.90 Å². The molecule has 19 heavy (non-hydrogen) atoms. The van der Waals surface area contributed by atoms with Crippen LogP contribution in [0.2, 0.25) is 0 Å². The van der Waals surface area contributed by atoms with Crippen molar-refractivity contribution < 1.29 is 13.6 Å². The molecule has 1 aliphatic rings. The zero-order valence-electron chi connectivity index (χ0n) is 11.2. The second-order valence-corrected chi connectivity index (χ2v) is 5.11. The summed E-state index contributed by atoms with van der Waals surface area (Å²) in [7, 11) is 3.70. The third-order valence-electron chi connectivity index (χ3n) is 3.71. The van der Waals surface area contributed by atoms with Crippen LogP contribution in [0.1, 0.15) is 23.2 Å². The molecule has 2 rings (SSSR count). The van der Waals surface area contributed by atoms with Crippen LogP contribution < -0.4 is 4.90 Å². The van der Waals surface area contributed by atoms with Crippen LogP contribution in [0.15, 0.2) is 12.1 Å². The zero-order chi connectivity index (χ0) is 14.0. The van der Waals surface area contributed by atoms with Crippen molar-refractivity contribution in [3.8, 4) is 0 Å². The maximum atomic E-state index is 13.9. The largest absolute Gasteiger partial charge is 0.368 e. The van der Waals surface area contributed by atoms with E-state index in [-0.39, 0.29) is 11.3 Å². The van der Waals surface area contributed by atoms with Gasteiger partial charge in [0.15, 0.2) is 0 Å². The number of rotatable bonds is 4. The molecule has 0 amide bonds. The van der Waals surface area contributed by atoms with Crippen molar-refractivity contribution in [2.24, 2.45) is 0 Å². The van der Waals surface area contributed by atoms with E-state index in [1.165, 1.54) is 0 Å². The number of likely N-dealkylation sites (tertiary alicyclic amines) is 1. The molecule has 0 spiro atoms. The van der Waals surface area contributed by atoms with Gasteiger partial charge in [0.1, 0.15) is 23.6 Å². The highest BCUT2D eigenvalue weighted by molar-refractivity contribution is 5.76. The Hall–Kier alpha value is -1.49. The van der Waals surface area contributed by atoms with E-state index in [1.54, 1.807) is 11.9 Å². The minimum Gasteiger partial charge on any atom is -0.368 e. The van der Waals surface area contributed by atoms with E-state index >= 15 is 0 Å². The Morgan fingerprint density at radius 2 is 2.05 bits per heavy atom. The van der Waals surface area contributed by atoms with E-state index in [0.717, 1.165) is 31.5 Å². The summed E-state index contributed by atoms with van der Waals surface area (Å²) in [4.78, 5) is 14.3. The average Bonchev–Trinajstić information content (AvgIpc) is 2.74. The molecule has 0 aromatic heterocycles. The third-order valence-corrected chi connectivity index (χ3v) is 3.71. The first kappa shape index (κ1) is 13.9. The quantitative estimate of drug-likeness (QED) is 0.783. The summed E-state index contributed by atoms with van der Waals surface area (Å²) in [5, 5.41) is 0. The Kier molecular flexibility index (Phi) is 4.14. The lowest BCUT2D eigenvalue weighted by Gasteiger charge is -2.27. The maximum Gasteiger partial charge on any atom is 0.150 e. The summed E-state index contributed by atoms with van der Waals surface area (Å²) in [5.41, 5.74) is -0.0453. The fourth-order valence-corrected chi connectivity index (χ4v) is 2.64. The minimum atomic E-state index is -0.690.